The van der Waals surface area contributed by atoms with Crippen molar-refractivity contribution in [2.75, 3.05) is 25.2 Å². The van der Waals surface area contributed by atoms with E-state index >= 15 is 0 Å². The van der Waals surface area contributed by atoms with Crippen molar-refractivity contribution in [2.45, 2.75) is 19.9 Å². The van der Waals surface area contributed by atoms with Crippen LogP contribution in [0, 0.1) is 0 Å². The lowest BCUT2D eigenvalue weighted by Crippen LogP contribution is -2.18. The summed E-state index contributed by atoms with van der Waals surface area (Å²) in [5, 5.41) is 3.15. The Morgan fingerprint density at radius 1 is 1.42 bits per heavy atom. The van der Waals surface area contributed by atoms with Crippen LogP contribution in [-0.2, 0) is 9.84 Å². The number of benzene rings is 1. The van der Waals surface area contributed by atoms with Gasteiger partial charge in [-0.15, -0.1) is 0 Å². The molecule has 0 amide bonds. The van der Waals surface area contributed by atoms with Gasteiger partial charge < -0.3 is 10.1 Å². The maximum atomic E-state index is 11.4. The molecular weight excluding hydrogens is 330 g/mol. The second kappa shape index (κ2) is 7.26. The number of sulfone groups is 1. The quantitative estimate of drug-likeness (QED) is 0.821. The molecule has 0 fully saturated rings. The normalized spacial score (nSPS) is 13.3. The van der Waals surface area contributed by atoms with Crippen molar-refractivity contribution < 1.29 is 13.2 Å². The Morgan fingerprint density at radius 3 is 2.68 bits per heavy atom. The summed E-state index contributed by atoms with van der Waals surface area (Å²) in [5.41, 5.74) is 1.01. The second-order valence-electron chi connectivity index (χ2n) is 4.28. The van der Waals surface area contributed by atoms with Gasteiger partial charge in [0, 0.05) is 21.8 Å². The van der Waals surface area contributed by atoms with Crippen molar-refractivity contribution in [3.63, 3.8) is 0 Å². The molecule has 0 radical (unpaired) electrons. The van der Waals surface area contributed by atoms with Gasteiger partial charge in [-0.25, -0.2) is 8.42 Å². The highest BCUT2D eigenvalue weighted by atomic mass is 79.9. The number of rotatable bonds is 7. The van der Waals surface area contributed by atoms with Gasteiger partial charge in [0.25, 0.3) is 0 Å². The zero-order valence-electron chi connectivity index (χ0n) is 11.4. The van der Waals surface area contributed by atoms with E-state index in [-0.39, 0.29) is 24.2 Å². The zero-order valence-corrected chi connectivity index (χ0v) is 13.8. The van der Waals surface area contributed by atoms with Gasteiger partial charge in [0.15, 0.2) is 9.84 Å². The molecule has 1 N–H and O–H groups in total. The van der Waals surface area contributed by atoms with Crippen LogP contribution in [0.25, 0.3) is 0 Å². The predicted octanol–water partition coefficient (Wildman–Crippen LogP) is 2.54. The van der Waals surface area contributed by atoms with E-state index in [0.29, 0.717) is 0 Å². The van der Waals surface area contributed by atoms with E-state index in [0.717, 1.165) is 15.8 Å². The Hall–Kier alpha value is -0.590. The molecular formula is C13H20BrNO3S. The third-order valence-electron chi connectivity index (χ3n) is 2.96. The Balaban J connectivity index is 2.78. The van der Waals surface area contributed by atoms with E-state index in [1.165, 1.54) is 0 Å². The highest BCUT2D eigenvalue weighted by molar-refractivity contribution is 9.10. The van der Waals surface area contributed by atoms with Gasteiger partial charge >= 0.3 is 0 Å². The molecule has 1 unspecified atom stereocenters. The first-order chi connectivity index (χ1) is 8.89. The fourth-order valence-electron chi connectivity index (χ4n) is 1.57. The van der Waals surface area contributed by atoms with Crippen LogP contribution in [0.4, 0.5) is 0 Å². The van der Waals surface area contributed by atoms with Gasteiger partial charge in [0.2, 0.25) is 0 Å². The molecule has 1 aromatic carbocycles. The lowest BCUT2D eigenvalue weighted by Gasteiger charge is -2.17. The summed E-state index contributed by atoms with van der Waals surface area (Å²) in [4.78, 5) is 0. The maximum Gasteiger partial charge on any atom is 0.153 e. The number of hydrogen-bond donors (Lipinski definition) is 1. The summed E-state index contributed by atoms with van der Waals surface area (Å²) in [5.74, 6) is 0.917. The molecule has 108 valence electrons. The Labute approximate surface area is 123 Å². The van der Waals surface area contributed by atoms with E-state index in [1.807, 2.05) is 32.2 Å². The van der Waals surface area contributed by atoms with Crippen molar-refractivity contribution in [1.82, 2.24) is 5.32 Å². The molecule has 1 atom stereocenters. The number of hydrogen-bond acceptors (Lipinski definition) is 4. The molecule has 4 nitrogen and oxygen atoms in total. The van der Waals surface area contributed by atoms with Gasteiger partial charge in [0.1, 0.15) is 12.4 Å². The van der Waals surface area contributed by atoms with Crippen LogP contribution in [0.2, 0.25) is 0 Å². The Bertz CT molecular complexity index is 517. The summed E-state index contributed by atoms with van der Waals surface area (Å²) in [6, 6.07) is 5.85. The molecule has 0 spiro atoms. The van der Waals surface area contributed by atoms with Crippen molar-refractivity contribution in [2.24, 2.45) is 0 Å². The SMILES string of the molecule is CCS(=O)(=O)CCOc1ccc(Br)cc1C(C)NC. The summed E-state index contributed by atoms with van der Waals surface area (Å²) in [7, 11) is -1.11. The zero-order chi connectivity index (χ0) is 14.5. The minimum absolute atomic E-state index is 0.0486. The molecule has 0 heterocycles. The lowest BCUT2D eigenvalue weighted by molar-refractivity contribution is 0.334. The van der Waals surface area contributed by atoms with E-state index < -0.39 is 9.84 Å². The van der Waals surface area contributed by atoms with Gasteiger partial charge in [-0.1, -0.05) is 22.9 Å². The molecule has 0 saturated carbocycles. The monoisotopic (exact) mass is 349 g/mol. The van der Waals surface area contributed by atoms with Crippen molar-refractivity contribution in [1.29, 1.82) is 0 Å². The van der Waals surface area contributed by atoms with Gasteiger partial charge in [-0.2, -0.15) is 0 Å². The van der Waals surface area contributed by atoms with Crippen molar-refractivity contribution in [3.8, 4) is 5.75 Å². The van der Waals surface area contributed by atoms with E-state index in [4.69, 9.17) is 4.74 Å². The minimum atomic E-state index is -2.99. The van der Waals surface area contributed by atoms with Crippen LogP contribution in [0.15, 0.2) is 22.7 Å². The third-order valence-corrected chi connectivity index (χ3v) is 5.12. The van der Waals surface area contributed by atoms with Gasteiger partial charge in [-0.05, 0) is 32.2 Å². The maximum absolute atomic E-state index is 11.4. The Kier molecular flexibility index (Phi) is 6.29. The summed E-state index contributed by atoms with van der Waals surface area (Å²) >= 11 is 3.43. The molecule has 1 rings (SSSR count). The fourth-order valence-corrected chi connectivity index (χ4v) is 2.57. The number of halogens is 1. The number of nitrogens with one attached hydrogen (secondary N) is 1. The predicted molar refractivity (Wildman–Crippen MR) is 81.4 cm³/mol. The summed E-state index contributed by atoms with van der Waals surface area (Å²) in [6.07, 6.45) is 0. The molecule has 0 aliphatic rings. The van der Waals surface area contributed by atoms with E-state index in [9.17, 15) is 8.42 Å². The van der Waals surface area contributed by atoms with Crippen LogP contribution in [-0.4, -0.2) is 33.6 Å². The van der Waals surface area contributed by atoms with Gasteiger partial charge in [0.05, 0.1) is 5.75 Å². The van der Waals surface area contributed by atoms with Gasteiger partial charge in [-0.3, -0.25) is 0 Å². The first kappa shape index (κ1) is 16.5. The topological polar surface area (TPSA) is 55.4 Å². The molecule has 6 heteroatoms. The molecule has 0 bridgehead atoms. The van der Waals surface area contributed by atoms with Crippen LogP contribution in [0.1, 0.15) is 25.5 Å². The van der Waals surface area contributed by atoms with E-state index in [2.05, 4.69) is 21.2 Å². The van der Waals surface area contributed by atoms with E-state index in [1.54, 1.807) is 6.92 Å². The molecule has 0 aromatic heterocycles. The molecule has 1 aromatic rings. The van der Waals surface area contributed by atoms with Crippen LogP contribution in [0.3, 0.4) is 0 Å². The highest BCUT2D eigenvalue weighted by Gasteiger charge is 2.12. The van der Waals surface area contributed by atoms with Crippen LogP contribution in [0.5, 0.6) is 5.75 Å². The summed E-state index contributed by atoms with van der Waals surface area (Å²) in [6.45, 7) is 3.85. The highest BCUT2D eigenvalue weighted by Crippen LogP contribution is 2.28. The first-order valence-electron chi connectivity index (χ1n) is 6.19. The average molecular weight is 350 g/mol. The molecule has 0 aliphatic carbocycles. The molecule has 0 saturated heterocycles. The van der Waals surface area contributed by atoms with Crippen LogP contribution >= 0.6 is 15.9 Å². The number of ether oxygens (including phenoxy) is 1. The average Bonchev–Trinajstić information content (AvgIpc) is 2.39. The van der Waals surface area contributed by atoms with Crippen molar-refractivity contribution >= 4 is 25.8 Å². The first-order valence-corrected chi connectivity index (χ1v) is 8.81. The minimum Gasteiger partial charge on any atom is -0.492 e. The largest absolute Gasteiger partial charge is 0.492 e. The Morgan fingerprint density at radius 2 is 2.11 bits per heavy atom. The summed E-state index contributed by atoms with van der Waals surface area (Å²) < 4.78 is 29.4. The second-order valence-corrected chi connectivity index (χ2v) is 7.67. The lowest BCUT2D eigenvalue weighted by atomic mass is 10.1. The fraction of sp³-hybridized carbons (Fsp3) is 0.538. The smallest absolute Gasteiger partial charge is 0.153 e. The molecule has 19 heavy (non-hydrogen) atoms. The standard InChI is InChI=1S/C13H20BrNO3S/c1-4-19(16,17)8-7-18-13-6-5-11(14)9-12(13)10(2)15-3/h5-6,9-10,15H,4,7-8H2,1-3H3. The van der Waals surface area contributed by atoms with Crippen molar-refractivity contribution in [3.05, 3.63) is 28.2 Å². The third kappa shape index (κ3) is 5.12. The molecule has 0 aliphatic heterocycles. The van der Waals surface area contributed by atoms with Crippen LogP contribution < -0.4 is 10.1 Å².